The lowest BCUT2D eigenvalue weighted by molar-refractivity contribution is 0.883. The Labute approximate surface area is 285 Å². The molecule has 0 aliphatic carbocycles. The normalized spacial score (nSPS) is 20.1. The van der Waals surface area contributed by atoms with Crippen LogP contribution in [0.1, 0.15) is 33.6 Å². The van der Waals surface area contributed by atoms with Gasteiger partial charge < -0.3 is 0 Å². The fourth-order valence-electron chi connectivity index (χ4n) is 9.15. The van der Waals surface area contributed by atoms with Crippen molar-refractivity contribution in [3.05, 3.63) is 168 Å². The molecule has 4 atom stereocenters. The zero-order valence-electron chi connectivity index (χ0n) is 27.3. The van der Waals surface area contributed by atoms with Crippen LogP contribution in [0.4, 0.5) is 0 Å². The van der Waals surface area contributed by atoms with Crippen LogP contribution in [0, 0.1) is 0 Å². The van der Waals surface area contributed by atoms with Crippen molar-refractivity contribution in [3.8, 4) is 22.3 Å². The van der Waals surface area contributed by atoms with E-state index in [2.05, 4.69) is 159 Å². The molecule has 0 amide bonds. The number of benzene rings is 8. The number of fused-ring (bicyclic) bond motifs is 14. The Kier molecular flexibility index (Phi) is 6.63. The van der Waals surface area contributed by atoms with Crippen molar-refractivity contribution in [3.63, 3.8) is 0 Å². The molecule has 8 aromatic carbocycles. The third-order valence-corrected chi connectivity index (χ3v) is 16.1. The minimum absolute atomic E-state index is 0.389. The Morgan fingerprint density at radius 1 is 0.354 bits per heavy atom. The summed E-state index contributed by atoms with van der Waals surface area (Å²) in [6, 6.07) is 55.9. The van der Waals surface area contributed by atoms with E-state index in [-0.39, 0.29) is 15.8 Å². The van der Waals surface area contributed by atoms with E-state index < -0.39 is 0 Å². The smallest absolute Gasteiger partial charge is 0.0157 e. The summed E-state index contributed by atoms with van der Waals surface area (Å²) in [7, 11) is -0.778. The minimum Gasteiger partial charge on any atom is -0.0967 e. The summed E-state index contributed by atoms with van der Waals surface area (Å²) < 4.78 is 0. The van der Waals surface area contributed by atoms with Gasteiger partial charge in [0.15, 0.2) is 0 Å². The molecule has 3 unspecified atom stereocenters. The Morgan fingerprint density at radius 2 is 0.667 bits per heavy atom. The topological polar surface area (TPSA) is 0 Å². The van der Waals surface area contributed by atoms with Crippen LogP contribution in [0.2, 0.25) is 0 Å². The highest BCUT2D eigenvalue weighted by Crippen LogP contribution is 2.72. The number of hydrogen-bond acceptors (Lipinski definition) is 0. The summed E-state index contributed by atoms with van der Waals surface area (Å²) in [5.74, 6) is 0. The van der Waals surface area contributed by atoms with Crippen molar-refractivity contribution in [2.24, 2.45) is 0 Å². The summed E-state index contributed by atoms with van der Waals surface area (Å²) in [6.45, 7) is 5.22. The first-order chi connectivity index (χ1) is 23.7. The van der Waals surface area contributed by atoms with Gasteiger partial charge in [-0.15, -0.1) is 0 Å². The molecule has 0 saturated carbocycles. The Morgan fingerprint density at radius 3 is 1.04 bits per heavy atom. The van der Waals surface area contributed by atoms with Crippen molar-refractivity contribution >= 4 is 58.9 Å². The van der Waals surface area contributed by atoms with Gasteiger partial charge in [-0.1, -0.05) is 161 Å². The first-order valence-corrected chi connectivity index (χ1v) is 21.2. The molecule has 0 bridgehead atoms. The summed E-state index contributed by atoms with van der Waals surface area (Å²) in [5, 5.41) is 10.9. The minimum atomic E-state index is -0.389. The maximum Gasteiger partial charge on any atom is 0.0157 e. The van der Waals surface area contributed by atoms with E-state index in [4.69, 9.17) is 0 Å². The van der Waals surface area contributed by atoms with Gasteiger partial charge in [-0.25, -0.2) is 0 Å². The van der Waals surface area contributed by atoms with Crippen LogP contribution in [-0.2, 0) is 12.3 Å². The van der Waals surface area contributed by atoms with E-state index >= 15 is 0 Å². The largest absolute Gasteiger partial charge is 0.0967 e. The van der Waals surface area contributed by atoms with E-state index in [1.54, 1.807) is 11.1 Å². The van der Waals surface area contributed by atoms with Gasteiger partial charge in [-0.05, 0) is 113 Å². The molecule has 8 aromatic rings. The molecular formula is C46H36P2. The van der Waals surface area contributed by atoms with E-state index in [0.29, 0.717) is 11.3 Å². The highest BCUT2D eigenvalue weighted by molar-refractivity contribution is 7.60. The van der Waals surface area contributed by atoms with E-state index in [1.807, 2.05) is 0 Å². The van der Waals surface area contributed by atoms with E-state index in [1.165, 1.54) is 76.5 Å². The van der Waals surface area contributed by atoms with Crippen LogP contribution >= 0.6 is 15.8 Å². The van der Waals surface area contributed by atoms with Gasteiger partial charge in [0.2, 0.25) is 0 Å². The van der Waals surface area contributed by atoms with Gasteiger partial charge >= 0.3 is 0 Å². The highest BCUT2D eigenvalue weighted by Gasteiger charge is 2.41. The Bertz CT molecular complexity index is 2400. The molecule has 0 radical (unpaired) electrons. The molecule has 0 spiro atoms. The summed E-state index contributed by atoms with van der Waals surface area (Å²) in [5.41, 5.74) is 13.0. The maximum absolute atomic E-state index is 2.61. The van der Waals surface area contributed by atoms with Gasteiger partial charge in [-0.3, -0.25) is 0 Å². The zero-order valence-corrected chi connectivity index (χ0v) is 29.1. The average Bonchev–Trinajstić information content (AvgIpc) is 3.34. The second kappa shape index (κ2) is 11.1. The molecule has 2 aliphatic rings. The van der Waals surface area contributed by atoms with Gasteiger partial charge in [0.1, 0.15) is 0 Å². The predicted molar refractivity (Wildman–Crippen MR) is 212 cm³/mol. The van der Waals surface area contributed by atoms with Crippen molar-refractivity contribution in [1.29, 1.82) is 0 Å². The predicted octanol–water partition coefficient (Wildman–Crippen LogP) is 13.7. The SMILES string of the molecule is CP1Cc2ccc3ccccc3c2-c2c(ccc3ccccc23)C1[C@@H]1c2ccc3ccccc3c2-c2c(ccc3ccccc23)CP1C. The standard InChI is InChI=1S/C46H36P2/c1-47-27-33-21-19-29-11-3-7-15-35(29)41(33)43-37-17-9-5-13-31(37)23-25-39(43)45(47)46-40-26-24-32-14-6-10-18-38(32)44(40)42-34(28-48(46)2)22-20-30-12-4-8-16-36(30)42/h3-26,45-46H,27-28H2,1-2H3/t45-,46?,47?,48?/m0/s1. The van der Waals surface area contributed by atoms with Gasteiger partial charge in [0.05, 0.1) is 0 Å². The maximum atomic E-state index is 2.61. The second-order valence-electron chi connectivity index (χ2n) is 13.9. The van der Waals surface area contributed by atoms with Crippen LogP contribution < -0.4 is 0 Å². The molecule has 10 rings (SSSR count). The molecule has 0 saturated heterocycles. The lowest BCUT2D eigenvalue weighted by Crippen LogP contribution is -2.11. The third-order valence-electron chi connectivity index (χ3n) is 11.2. The van der Waals surface area contributed by atoms with Crippen LogP contribution in [0.5, 0.6) is 0 Å². The van der Waals surface area contributed by atoms with E-state index in [9.17, 15) is 0 Å². The average molecular weight is 651 g/mol. The molecule has 230 valence electrons. The van der Waals surface area contributed by atoms with Crippen molar-refractivity contribution in [2.75, 3.05) is 13.3 Å². The lowest BCUT2D eigenvalue weighted by Gasteiger charge is -2.37. The molecular weight excluding hydrogens is 614 g/mol. The quantitative estimate of drug-likeness (QED) is 0.155. The van der Waals surface area contributed by atoms with Crippen molar-refractivity contribution in [2.45, 2.75) is 23.6 Å². The summed E-state index contributed by atoms with van der Waals surface area (Å²) in [6.07, 6.45) is 2.28. The second-order valence-corrected chi connectivity index (χ2v) is 18.6. The van der Waals surface area contributed by atoms with Crippen molar-refractivity contribution in [1.82, 2.24) is 0 Å². The first kappa shape index (κ1) is 28.7. The highest BCUT2D eigenvalue weighted by atomic mass is 31.1. The molecule has 0 N–H and O–H groups in total. The molecule has 2 heteroatoms. The molecule has 2 aliphatic heterocycles. The van der Waals surface area contributed by atoms with E-state index in [0.717, 1.165) is 12.3 Å². The van der Waals surface area contributed by atoms with Crippen LogP contribution in [0.15, 0.2) is 146 Å². The Hall–Kier alpha value is -4.34. The fourth-order valence-corrected chi connectivity index (χ4v) is 15.2. The number of hydrogen-bond donors (Lipinski definition) is 0. The molecule has 0 fully saturated rings. The molecule has 0 aromatic heterocycles. The van der Waals surface area contributed by atoms with Crippen molar-refractivity contribution < 1.29 is 0 Å². The Balaban J connectivity index is 1.31. The van der Waals surface area contributed by atoms with Gasteiger partial charge in [-0.2, -0.15) is 0 Å². The summed E-state index contributed by atoms with van der Waals surface area (Å²) >= 11 is 0. The first-order valence-electron chi connectivity index (χ1n) is 17.1. The molecule has 48 heavy (non-hydrogen) atoms. The van der Waals surface area contributed by atoms with Gasteiger partial charge in [0.25, 0.3) is 0 Å². The fraction of sp³-hybridized carbons (Fsp3) is 0.130. The van der Waals surface area contributed by atoms with Crippen LogP contribution in [0.25, 0.3) is 65.3 Å². The van der Waals surface area contributed by atoms with Crippen LogP contribution in [-0.4, -0.2) is 13.3 Å². The van der Waals surface area contributed by atoms with Crippen LogP contribution in [0.3, 0.4) is 0 Å². The monoisotopic (exact) mass is 650 g/mol. The summed E-state index contributed by atoms with van der Waals surface area (Å²) in [4.78, 5) is 0. The molecule has 0 nitrogen and oxygen atoms in total. The zero-order chi connectivity index (χ0) is 31.9. The molecule has 2 heterocycles. The van der Waals surface area contributed by atoms with Gasteiger partial charge in [0, 0.05) is 11.3 Å². The third kappa shape index (κ3) is 4.23. The number of rotatable bonds is 1. The lowest BCUT2D eigenvalue weighted by atomic mass is 9.83.